The van der Waals surface area contributed by atoms with Crippen LogP contribution < -0.4 is 5.32 Å². The van der Waals surface area contributed by atoms with Gasteiger partial charge in [-0.1, -0.05) is 40.9 Å². The first-order chi connectivity index (χ1) is 8.97. The summed E-state index contributed by atoms with van der Waals surface area (Å²) in [5.41, 5.74) is 1.80. The third kappa shape index (κ3) is 4.02. The summed E-state index contributed by atoms with van der Waals surface area (Å²) < 4.78 is 2.01. The molecule has 0 saturated carbocycles. The maximum Gasteiger partial charge on any atom is 0.0722 e. The first-order valence-corrected chi connectivity index (χ1v) is 8.01. The van der Waals surface area contributed by atoms with E-state index in [1.54, 1.807) is 12.1 Å². The molecule has 2 aromatic carbocycles. The normalized spacial score (nSPS) is 10.6. The van der Waals surface area contributed by atoms with Crippen molar-refractivity contribution in [2.75, 3.05) is 5.32 Å². The lowest BCUT2D eigenvalue weighted by Crippen LogP contribution is -2.00. The van der Waals surface area contributed by atoms with Gasteiger partial charge >= 0.3 is 0 Å². The minimum Gasteiger partial charge on any atom is -0.379 e. The molecule has 0 heterocycles. The molecular weight excluding hydrogens is 436 g/mol. The maximum atomic E-state index is 6.11. The molecule has 0 saturated heterocycles. The Morgan fingerprint density at radius 3 is 2.11 bits per heavy atom. The van der Waals surface area contributed by atoms with Gasteiger partial charge in [0.25, 0.3) is 0 Å². The standard InChI is InChI=1S/C13H8Br2Cl3N/c14-9-2-1-7(3-10(9)15)6-19-13-11(17)4-8(16)5-12(13)18/h1-5,19H,6H2. The van der Waals surface area contributed by atoms with Crippen LogP contribution in [-0.2, 0) is 6.54 Å². The van der Waals surface area contributed by atoms with Crippen LogP contribution in [0.1, 0.15) is 5.56 Å². The molecule has 0 radical (unpaired) electrons. The lowest BCUT2D eigenvalue weighted by atomic mass is 10.2. The molecule has 2 rings (SSSR count). The lowest BCUT2D eigenvalue weighted by molar-refractivity contribution is 1.14. The fourth-order valence-corrected chi connectivity index (χ4v) is 3.17. The van der Waals surface area contributed by atoms with Crippen LogP contribution in [0.5, 0.6) is 0 Å². The highest BCUT2D eigenvalue weighted by molar-refractivity contribution is 9.13. The summed E-state index contributed by atoms with van der Waals surface area (Å²) in [4.78, 5) is 0. The number of rotatable bonds is 3. The molecule has 0 aromatic heterocycles. The first-order valence-electron chi connectivity index (χ1n) is 5.29. The molecule has 0 fully saturated rings. The molecule has 2 aromatic rings. The zero-order valence-electron chi connectivity index (χ0n) is 9.48. The first kappa shape index (κ1) is 15.5. The van der Waals surface area contributed by atoms with Crippen LogP contribution in [0.3, 0.4) is 0 Å². The third-order valence-electron chi connectivity index (χ3n) is 2.46. The van der Waals surface area contributed by atoms with Crippen LogP contribution in [0, 0.1) is 0 Å². The fraction of sp³-hybridized carbons (Fsp3) is 0.0769. The van der Waals surface area contributed by atoms with Gasteiger partial charge in [0, 0.05) is 20.5 Å². The molecular formula is C13H8Br2Cl3N. The highest BCUT2D eigenvalue weighted by Gasteiger charge is 2.07. The summed E-state index contributed by atoms with van der Waals surface area (Å²) in [6.45, 7) is 0.618. The Hall–Kier alpha value is 0.0700. The molecule has 0 aliphatic carbocycles. The van der Waals surface area contributed by atoms with E-state index in [0.717, 1.165) is 14.5 Å². The summed E-state index contributed by atoms with van der Waals surface area (Å²) in [6.07, 6.45) is 0. The number of benzene rings is 2. The molecule has 0 bridgehead atoms. The number of hydrogen-bond acceptors (Lipinski definition) is 1. The summed E-state index contributed by atoms with van der Waals surface area (Å²) in [5, 5.41) is 4.75. The van der Waals surface area contributed by atoms with Crippen molar-refractivity contribution in [2.24, 2.45) is 0 Å². The highest BCUT2D eigenvalue weighted by atomic mass is 79.9. The van der Waals surface area contributed by atoms with Gasteiger partial charge in [0.15, 0.2) is 0 Å². The van der Waals surface area contributed by atoms with Gasteiger partial charge in [0.2, 0.25) is 0 Å². The van der Waals surface area contributed by atoms with Crippen LogP contribution in [-0.4, -0.2) is 0 Å². The number of halogens is 5. The summed E-state index contributed by atoms with van der Waals surface area (Å²) in [6, 6.07) is 9.34. The van der Waals surface area contributed by atoms with Crippen molar-refractivity contribution in [1.29, 1.82) is 0 Å². The molecule has 19 heavy (non-hydrogen) atoms. The molecule has 1 nitrogen and oxygen atoms in total. The highest BCUT2D eigenvalue weighted by Crippen LogP contribution is 2.34. The van der Waals surface area contributed by atoms with E-state index in [0.29, 0.717) is 27.3 Å². The fourth-order valence-electron chi connectivity index (χ4n) is 1.55. The zero-order valence-corrected chi connectivity index (χ0v) is 14.9. The van der Waals surface area contributed by atoms with Gasteiger partial charge in [-0.3, -0.25) is 0 Å². The Bertz CT molecular complexity index is 594. The average Bonchev–Trinajstić information content (AvgIpc) is 2.32. The molecule has 6 heteroatoms. The molecule has 0 unspecified atom stereocenters. The van der Waals surface area contributed by atoms with Crippen molar-refractivity contribution in [3.8, 4) is 0 Å². The van der Waals surface area contributed by atoms with Crippen molar-refractivity contribution in [2.45, 2.75) is 6.54 Å². The number of anilines is 1. The van der Waals surface area contributed by atoms with E-state index in [4.69, 9.17) is 34.8 Å². The molecule has 1 N–H and O–H groups in total. The largest absolute Gasteiger partial charge is 0.379 e. The van der Waals surface area contributed by atoms with E-state index in [2.05, 4.69) is 37.2 Å². The second-order valence-corrected chi connectivity index (χ2v) is 6.81. The molecule has 0 amide bonds. The third-order valence-corrected chi connectivity index (χ3v) is 5.15. The molecule has 0 aliphatic rings. The van der Waals surface area contributed by atoms with Gasteiger partial charge < -0.3 is 5.32 Å². The summed E-state index contributed by atoms with van der Waals surface area (Å²) >= 11 is 25.0. The molecule has 0 atom stereocenters. The Morgan fingerprint density at radius 1 is 0.895 bits per heavy atom. The predicted octanol–water partition coefficient (Wildman–Crippen LogP) is 6.78. The van der Waals surface area contributed by atoms with E-state index in [-0.39, 0.29) is 0 Å². The Morgan fingerprint density at radius 2 is 1.53 bits per heavy atom. The van der Waals surface area contributed by atoms with Crippen LogP contribution in [0.15, 0.2) is 39.3 Å². The van der Waals surface area contributed by atoms with Gasteiger partial charge in [0.05, 0.1) is 15.7 Å². The Kier molecular flexibility index (Phi) is 5.44. The molecule has 0 spiro atoms. The number of hydrogen-bond donors (Lipinski definition) is 1. The monoisotopic (exact) mass is 441 g/mol. The second kappa shape index (κ2) is 6.68. The van der Waals surface area contributed by atoms with Crippen molar-refractivity contribution in [3.63, 3.8) is 0 Å². The zero-order chi connectivity index (χ0) is 14.0. The molecule has 0 aliphatic heterocycles. The minimum absolute atomic E-state index is 0.508. The van der Waals surface area contributed by atoms with E-state index < -0.39 is 0 Å². The van der Waals surface area contributed by atoms with Gasteiger partial charge in [-0.15, -0.1) is 0 Å². The van der Waals surface area contributed by atoms with Crippen molar-refractivity contribution in [1.82, 2.24) is 0 Å². The SMILES string of the molecule is Clc1cc(Cl)c(NCc2ccc(Br)c(Br)c2)c(Cl)c1. The average molecular weight is 444 g/mol. The summed E-state index contributed by atoms with van der Waals surface area (Å²) in [5.74, 6) is 0. The van der Waals surface area contributed by atoms with Gasteiger partial charge in [0.1, 0.15) is 0 Å². The van der Waals surface area contributed by atoms with Crippen molar-refractivity contribution in [3.05, 3.63) is 59.9 Å². The quantitative estimate of drug-likeness (QED) is 0.550. The minimum atomic E-state index is 0.508. The van der Waals surface area contributed by atoms with Crippen molar-refractivity contribution >= 4 is 72.4 Å². The van der Waals surface area contributed by atoms with Crippen LogP contribution in [0.4, 0.5) is 5.69 Å². The summed E-state index contributed by atoms with van der Waals surface area (Å²) in [7, 11) is 0. The van der Waals surface area contributed by atoms with Gasteiger partial charge in [-0.2, -0.15) is 0 Å². The van der Waals surface area contributed by atoms with Crippen LogP contribution >= 0.6 is 66.7 Å². The van der Waals surface area contributed by atoms with Crippen molar-refractivity contribution < 1.29 is 0 Å². The Labute approximate surface area is 143 Å². The van der Waals surface area contributed by atoms with E-state index >= 15 is 0 Å². The van der Waals surface area contributed by atoms with Gasteiger partial charge in [-0.05, 0) is 61.7 Å². The maximum absolute atomic E-state index is 6.11. The predicted molar refractivity (Wildman–Crippen MR) is 90.6 cm³/mol. The van der Waals surface area contributed by atoms with E-state index in [1.807, 2.05) is 18.2 Å². The van der Waals surface area contributed by atoms with Crippen LogP contribution in [0.2, 0.25) is 15.1 Å². The smallest absolute Gasteiger partial charge is 0.0722 e. The van der Waals surface area contributed by atoms with E-state index in [1.165, 1.54) is 0 Å². The van der Waals surface area contributed by atoms with Gasteiger partial charge in [-0.25, -0.2) is 0 Å². The topological polar surface area (TPSA) is 12.0 Å². The second-order valence-electron chi connectivity index (χ2n) is 3.85. The Balaban J connectivity index is 2.16. The molecule has 100 valence electrons. The van der Waals surface area contributed by atoms with E-state index in [9.17, 15) is 0 Å². The lowest BCUT2D eigenvalue weighted by Gasteiger charge is -2.11. The van der Waals surface area contributed by atoms with Crippen LogP contribution in [0.25, 0.3) is 0 Å². The number of nitrogens with one attached hydrogen (secondary N) is 1.